The molecule has 0 aliphatic carbocycles. The Morgan fingerprint density at radius 2 is 1.73 bits per heavy atom. The normalized spacial score (nSPS) is 11.3. The number of carbonyl (C=O) groups excluding carboxylic acids is 1. The number of nitro groups is 1. The van der Waals surface area contributed by atoms with Gasteiger partial charge in [-0.25, -0.2) is 13.8 Å². The SMILES string of the molecule is O=C(CN(c1ccc(Cl)cc1Cl)S(=O)(=O)c1ccccc1)N/N=C\c1ccc([N+](=O)[O-])cc1. The Balaban J connectivity index is 1.82. The lowest BCUT2D eigenvalue weighted by Crippen LogP contribution is -2.39. The summed E-state index contributed by atoms with van der Waals surface area (Å²) < 4.78 is 27.4. The summed E-state index contributed by atoms with van der Waals surface area (Å²) in [5.74, 6) is -0.737. The predicted molar refractivity (Wildman–Crippen MR) is 126 cm³/mol. The lowest BCUT2D eigenvalue weighted by atomic mass is 10.2. The third-order valence-corrected chi connectivity index (χ3v) is 6.62. The minimum atomic E-state index is -4.15. The van der Waals surface area contributed by atoms with Crippen LogP contribution < -0.4 is 9.73 Å². The van der Waals surface area contributed by atoms with Gasteiger partial charge >= 0.3 is 0 Å². The summed E-state index contributed by atoms with van der Waals surface area (Å²) in [7, 11) is -4.15. The summed E-state index contributed by atoms with van der Waals surface area (Å²) in [6, 6.07) is 17.3. The second-order valence-electron chi connectivity index (χ2n) is 6.56. The molecule has 0 spiro atoms. The van der Waals surface area contributed by atoms with Gasteiger partial charge in [0.1, 0.15) is 6.54 Å². The van der Waals surface area contributed by atoms with Crippen LogP contribution in [0.25, 0.3) is 0 Å². The molecular formula is C21H16Cl2N4O5S. The van der Waals surface area contributed by atoms with Gasteiger partial charge < -0.3 is 0 Å². The first-order valence-corrected chi connectivity index (χ1v) is 11.5. The van der Waals surface area contributed by atoms with Crippen LogP contribution in [-0.4, -0.2) is 32.0 Å². The van der Waals surface area contributed by atoms with Gasteiger partial charge in [0.05, 0.1) is 26.7 Å². The molecule has 0 radical (unpaired) electrons. The van der Waals surface area contributed by atoms with Crippen molar-refractivity contribution in [2.45, 2.75) is 4.90 Å². The number of halogens is 2. The number of rotatable bonds is 8. The monoisotopic (exact) mass is 506 g/mol. The number of anilines is 1. The molecule has 170 valence electrons. The summed E-state index contributed by atoms with van der Waals surface area (Å²) >= 11 is 12.1. The fourth-order valence-electron chi connectivity index (χ4n) is 2.73. The average Bonchev–Trinajstić information content (AvgIpc) is 2.79. The molecule has 0 bridgehead atoms. The lowest BCUT2D eigenvalue weighted by Gasteiger charge is -2.24. The van der Waals surface area contributed by atoms with Crippen molar-refractivity contribution < 1.29 is 18.1 Å². The molecule has 0 aromatic heterocycles. The zero-order valence-electron chi connectivity index (χ0n) is 16.8. The number of hydrogen-bond acceptors (Lipinski definition) is 6. The van der Waals surface area contributed by atoms with Crippen LogP contribution in [0.1, 0.15) is 5.56 Å². The molecule has 0 atom stereocenters. The van der Waals surface area contributed by atoms with Gasteiger partial charge in [0.15, 0.2) is 0 Å². The summed E-state index contributed by atoms with van der Waals surface area (Å²) in [5.41, 5.74) is 2.72. The molecule has 33 heavy (non-hydrogen) atoms. The highest BCUT2D eigenvalue weighted by Gasteiger charge is 2.28. The van der Waals surface area contributed by atoms with E-state index in [2.05, 4.69) is 10.5 Å². The molecule has 9 nitrogen and oxygen atoms in total. The molecule has 0 aliphatic rings. The van der Waals surface area contributed by atoms with Crippen molar-refractivity contribution in [3.63, 3.8) is 0 Å². The second-order valence-corrected chi connectivity index (χ2v) is 9.27. The first kappa shape index (κ1) is 24.2. The van der Waals surface area contributed by atoms with E-state index in [1.807, 2.05) is 0 Å². The maximum Gasteiger partial charge on any atom is 0.269 e. The van der Waals surface area contributed by atoms with E-state index in [1.165, 1.54) is 60.8 Å². The molecule has 0 heterocycles. The van der Waals surface area contributed by atoms with Gasteiger partial charge in [-0.2, -0.15) is 5.10 Å². The van der Waals surface area contributed by atoms with Crippen LogP contribution in [-0.2, 0) is 14.8 Å². The Labute approximate surface area is 199 Å². The van der Waals surface area contributed by atoms with Crippen molar-refractivity contribution in [1.29, 1.82) is 0 Å². The van der Waals surface area contributed by atoms with Gasteiger partial charge in [-0.1, -0.05) is 41.4 Å². The van der Waals surface area contributed by atoms with E-state index in [4.69, 9.17) is 23.2 Å². The number of sulfonamides is 1. The second kappa shape index (κ2) is 10.4. The summed E-state index contributed by atoms with van der Waals surface area (Å²) in [6.45, 7) is -0.615. The third kappa shape index (κ3) is 6.07. The number of amides is 1. The van der Waals surface area contributed by atoms with E-state index in [9.17, 15) is 23.3 Å². The van der Waals surface area contributed by atoms with Crippen molar-refractivity contribution in [2.24, 2.45) is 5.10 Å². The van der Waals surface area contributed by atoms with E-state index in [-0.39, 0.29) is 21.3 Å². The minimum Gasteiger partial charge on any atom is -0.271 e. The average molecular weight is 507 g/mol. The summed E-state index contributed by atoms with van der Waals surface area (Å²) in [6.07, 6.45) is 1.27. The Bertz CT molecular complexity index is 1300. The maximum atomic E-state index is 13.2. The smallest absolute Gasteiger partial charge is 0.269 e. The van der Waals surface area contributed by atoms with Gasteiger partial charge in [-0.15, -0.1) is 0 Å². The number of hydrazone groups is 1. The zero-order valence-corrected chi connectivity index (χ0v) is 19.1. The van der Waals surface area contributed by atoms with Crippen molar-refractivity contribution in [1.82, 2.24) is 5.43 Å². The fourth-order valence-corrected chi connectivity index (χ4v) is 4.75. The van der Waals surface area contributed by atoms with Crippen LogP contribution in [0.15, 0.2) is 82.8 Å². The molecule has 0 saturated heterocycles. The highest BCUT2D eigenvalue weighted by atomic mass is 35.5. The predicted octanol–water partition coefficient (Wildman–Crippen LogP) is 4.25. The van der Waals surface area contributed by atoms with E-state index < -0.39 is 27.4 Å². The van der Waals surface area contributed by atoms with Crippen molar-refractivity contribution in [3.8, 4) is 0 Å². The van der Waals surface area contributed by atoms with Crippen LogP contribution in [0.2, 0.25) is 10.0 Å². The topological polar surface area (TPSA) is 122 Å². The van der Waals surface area contributed by atoms with Gasteiger partial charge in [0, 0.05) is 17.2 Å². The number of carbonyl (C=O) groups is 1. The van der Waals surface area contributed by atoms with Crippen LogP contribution >= 0.6 is 23.2 Å². The molecule has 0 aliphatic heterocycles. The van der Waals surface area contributed by atoms with Gasteiger partial charge in [-0.05, 0) is 48.0 Å². The molecule has 0 fully saturated rings. The van der Waals surface area contributed by atoms with E-state index in [0.29, 0.717) is 10.6 Å². The van der Waals surface area contributed by atoms with Crippen LogP contribution in [0.5, 0.6) is 0 Å². The fraction of sp³-hybridized carbons (Fsp3) is 0.0476. The molecule has 0 saturated carbocycles. The minimum absolute atomic E-state index is 0.0294. The van der Waals surface area contributed by atoms with E-state index in [0.717, 1.165) is 4.31 Å². The highest BCUT2D eigenvalue weighted by molar-refractivity contribution is 7.92. The number of nitrogens with one attached hydrogen (secondary N) is 1. The molecule has 0 unspecified atom stereocenters. The standard InChI is InChI=1S/C21H16Cl2N4O5S/c22-16-8-11-20(19(23)12-16)26(33(31,32)18-4-2-1-3-5-18)14-21(28)25-24-13-15-6-9-17(10-7-15)27(29)30/h1-13H,14H2,(H,25,28)/b24-13-. The van der Waals surface area contributed by atoms with Crippen molar-refractivity contribution in [3.05, 3.63) is 98.5 Å². The third-order valence-electron chi connectivity index (χ3n) is 4.30. The Morgan fingerprint density at radius 1 is 1.06 bits per heavy atom. The molecule has 1 amide bonds. The first-order chi connectivity index (χ1) is 15.7. The van der Waals surface area contributed by atoms with E-state index >= 15 is 0 Å². The molecular weight excluding hydrogens is 491 g/mol. The lowest BCUT2D eigenvalue weighted by molar-refractivity contribution is -0.384. The van der Waals surface area contributed by atoms with Gasteiger partial charge in [0.2, 0.25) is 0 Å². The Morgan fingerprint density at radius 3 is 2.33 bits per heavy atom. The van der Waals surface area contributed by atoms with Crippen molar-refractivity contribution >= 4 is 56.7 Å². The van der Waals surface area contributed by atoms with Crippen LogP contribution in [0.3, 0.4) is 0 Å². The maximum absolute atomic E-state index is 13.2. The van der Waals surface area contributed by atoms with Crippen LogP contribution in [0.4, 0.5) is 11.4 Å². The number of benzene rings is 3. The zero-order chi connectivity index (χ0) is 24.0. The number of nitrogens with zero attached hydrogens (tertiary/aromatic N) is 3. The quantitative estimate of drug-likeness (QED) is 0.278. The largest absolute Gasteiger partial charge is 0.271 e. The number of hydrogen-bond donors (Lipinski definition) is 1. The molecule has 3 aromatic carbocycles. The van der Waals surface area contributed by atoms with Gasteiger partial charge in [-0.3, -0.25) is 19.2 Å². The Kier molecular flexibility index (Phi) is 7.64. The molecule has 1 N–H and O–H groups in total. The summed E-state index contributed by atoms with van der Waals surface area (Å²) in [5, 5.41) is 14.8. The highest BCUT2D eigenvalue weighted by Crippen LogP contribution is 2.32. The molecule has 12 heteroatoms. The van der Waals surface area contributed by atoms with Crippen molar-refractivity contribution in [2.75, 3.05) is 10.8 Å². The Hall–Kier alpha value is -3.47. The number of nitro benzene ring substituents is 1. The first-order valence-electron chi connectivity index (χ1n) is 9.27. The summed E-state index contributed by atoms with van der Waals surface area (Å²) in [4.78, 5) is 22.7. The van der Waals surface area contributed by atoms with E-state index in [1.54, 1.807) is 18.2 Å². The molecule has 3 aromatic rings. The number of non-ortho nitro benzene ring substituents is 1. The molecule has 3 rings (SSSR count). The van der Waals surface area contributed by atoms with Gasteiger partial charge in [0.25, 0.3) is 21.6 Å². The van der Waals surface area contributed by atoms with Crippen LogP contribution in [0, 0.1) is 10.1 Å².